The Hall–Kier alpha value is -2.05. The lowest BCUT2D eigenvalue weighted by Crippen LogP contribution is -2.46. The smallest absolute Gasteiger partial charge is 0.264 e. The zero-order valence-corrected chi connectivity index (χ0v) is 18.6. The van der Waals surface area contributed by atoms with Crippen LogP contribution in [0.15, 0.2) is 47.4 Å². The second-order valence-electron chi connectivity index (χ2n) is 7.84. The number of nitrogens with zero attached hydrogens (tertiary/aromatic N) is 2. The summed E-state index contributed by atoms with van der Waals surface area (Å²) in [4.78, 5) is 15.0. The number of piperidine rings is 1. The SMILES string of the molecule is Cc1ccc(S(=O)(=O)N(CC(=O)N2CCCC(C)C2)c2cc(Cl)ccc2C)cc1. The Morgan fingerprint density at radius 3 is 2.52 bits per heavy atom. The van der Waals surface area contributed by atoms with E-state index in [1.54, 1.807) is 47.4 Å². The Balaban J connectivity index is 2.01. The second-order valence-corrected chi connectivity index (χ2v) is 10.1. The molecule has 2 aromatic carbocycles. The van der Waals surface area contributed by atoms with Gasteiger partial charge in [-0.25, -0.2) is 8.42 Å². The summed E-state index contributed by atoms with van der Waals surface area (Å²) in [6.07, 6.45) is 2.02. The van der Waals surface area contributed by atoms with E-state index in [9.17, 15) is 13.2 Å². The molecule has 1 saturated heterocycles. The van der Waals surface area contributed by atoms with Crippen LogP contribution in [0, 0.1) is 19.8 Å². The van der Waals surface area contributed by atoms with Crippen molar-refractivity contribution in [3.05, 3.63) is 58.6 Å². The average Bonchev–Trinajstić information content (AvgIpc) is 2.68. The highest BCUT2D eigenvalue weighted by Crippen LogP contribution is 2.30. The Morgan fingerprint density at radius 1 is 1.17 bits per heavy atom. The van der Waals surface area contributed by atoms with Gasteiger partial charge in [0.05, 0.1) is 10.6 Å². The molecule has 0 aromatic heterocycles. The van der Waals surface area contributed by atoms with Gasteiger partial charge < -0.3 is 4.90 Å². The molecule has 0 saturated carbocycles. The maximum atomic E-state index is 13.5. The Labute approximate surface area is 178 Å². The van der Waals surface area contributed by atoms with E-state index in [-0.39, 0.29) is 17.3 Å². The van der Waals surface area contributed by atoms with Gasteiger partial charge in [-0.1, -0.05) is 42.3 Å². The van der Waals surface area contributed by atoms with E-state index in [0.29, 0.717) is 29.7 Å². The van der Waals surface area contributed by atoms with Crippen molar-refractivity contribution in [2.24, 2.45) is 5.92 Å². The second kappa shape index (κ2) is 8.76. The molecule has 1 aliphatic rings. The maximum absolute atomic E-state index is 13.5. The topological polar surface area (TPSA) is 57.7 Å². The lowest BCUT2D eigenvalue weighted by atomic mass is 10.0. The molecule has 2 aromatic rings. The molecule has 0 bridgehead atoms. The predicted octanol–water partition coefficient (Wildman–Crippen LogP) is 4.41. The van der Waals surface area contributed by atoms with Crippen LogP contribution in [0.4, 0.5) is 5.69 Å². The number of carbonyl (C=O) groups is 1. The van der Waals surface area contributed by atoms with Gasteiger partial charge in [0.15, 0.2) is 0 Å². The number of anilines is 1. The molecule has 1 aliphatic heterocycles. The van der Waals surface area contributed by atoms with Crippen LogP contribution in [0.25, 0.3) is 0 Å². The summed E-state index contributed by atoms with van der Waals surface area (Å²) < 4.78 is 28.2. The van der Waals surface area contributed by atoms with Crippen LogP contribution in [0.1, 0.15) is 30.9 Å². The molecule has 1 fully saturated rings. The highest BCUT2D eigenvalue weighted by Gasteiger charge is 2.31. The van der Waals surface area contributed by atoms with Gasteiger partial charge in [-0.2, -0.15) is 0 Å². The fourth-order valence-electron chi connectivity index (χ4n) is 3.63. The molecular formula is C22H27ClN2O3S. The minimum absolute atomic E-state index is 0.155. The van der Waals surface area contributed by atoms with Crippen LogP contribution in [-0.2, 0) is 14.8 Å². The van der Waals surface area contributed by atoms with Crippen LogP contribution in [-0.4, -0.2) is 38.9 Å². The molecule has 1 atom stereocenters. The largest absolute Gasteiger partial charge is 0.341 e. The summed E-state index contributed by atoms with van der Waals surface area (Å²) in [5.74, 6) is 0.231. The third kappa shape index (κ3) is 4.93. The first-order valence-corrected chi connectivity index (χ1v) is 11.6. The average molecular weight is 435 g/mol. The molecule has 0 spiro atoms. The van der Waals surface area contributed by atoms with Crippen molar-refractivity contribution in [1.29, 1.82) is 0 Å². The quantitative estimate of drug-likeness (QED) is 0.700. The summed E-state index contributed by atoms with van der Waals surface area (Å²) in [5, 5.41) is 0.425. The van der Waals surface area contributed by atoms with Crippen LogP contribution < -0.4 is 4.31 Å². The number of sulfonamides is 1. The molecule has 0 aliphatic carbocycles. The van der Waals surface area contributed by atoms with E-state index in [4.69, 9.17) is 11.6 Å². The standard InChI is InChI=1S/C22H27ClN2O3S/c1-16-6-10-20(11-7-16)29(27,28)25(21-13-19(23)9-8-18(21)3)15-22(26)24-12-4-5-17(2)14-24/h6-11,13,17H,4-5,12,14-15H2,1-3H3. The van der Waals surface area contributed by atoms with Crippen molar-refractivity contribution in [1.82, 2.24) is 4.90 Å². The molecule has 1 heterocycles. The zero-order valence-electron chi connectivity index (χ0n) is 17.1. The van der Waals surface area contributed by atoms with E-state index in [0.717, 1.165) is 24.0 Å². The van der Waals surface area contributed by atoms with Gasteiger partial charge in [-0.15, -0.1) is 0 Å². The minimum atomic E-state index is -3.93. The monoisotopic (exact) mass is 434 g/mol. The number of hydrogen-bond acceptors (Lipinski definition) is 3. The van der Waals surface area contributed by atoms with Gasteiger partial charge in [0.1, 0.15) is 6.54 Å². The fourth-order valence-corrected chi connectivity index (χ4v) is 5.26. The minimum Gasteiger partial charge on any atom is -0.341 e. The first kappa shape index (κ1) is 21.7. The van der Waals surface area contributed by atoms with Crippen LogP contribution >= 0.6 is 11.6 Å². The van der Waals surface area contributed by atoms with Crippen molar-refractivity contribution in [3.63, 3.8) is 0 Å². The summed E-state index contributed by atoms with van der Waals surface area (Å²) in [6, 6.07) is 11.7. The summed E-state index contributed by atoms with van der Waals surface area (Å²) >= 11 is 6.17. The summed E-state index contributed by atoms with van der Waals surface area (Å²) in [5.41, 5.74) is 2.13. The highest BCUT2D eigenvalue weighted by molar-refractivity contribution is 7.92. The highest BCUT2D eigenvalue weighted by atomic mass is 35.5. The van der Waals surface area contributed by atoms with Gasteiger partial charge in [0, 0.05) is 18.1 Å². The lowest BCUT2D eigenvalue weighted by molar-refractivity contribution is -0.131. The number of likely N-dealkylation sites (tertiary alicyclic amines) is 1. The molecule has 29 heavy (non-hydrogen) atoms. The number of benzene rings is 2. The molecular weight excluding hydrogens is 408 g/mol. The van der Waals surface area contributed by atoms with Crippen LogP contribution in [0.2, 0.25) is 5.02 Å². The molecule has 5 nitrogen and oxygen atoms in total. The van der Waals surface area contributed by atoms with Crippen molar-refractivity contribution < 1.29 is 13.2 Å². The van der Waals surface area contributed by atoms with Gasteiger partial charge in [-0.05, 0) is 62.4 Å². The van der Waals surface area contributed by atoms with Crippen molar-refractivity contribution in [2.45, 2.75) is 38.5 Å². The molecule has 3 rings (SSSR count). The van der Waals surface area contributed by atoms with Gasteiger partial charge in [0.2, 0.25) is 5.91 Å². The zero-order chi connectivity index (χ0) is 21.2. The summed E-state index contributed by atoms with van der Waals surface area (Å²) in [6.45, 7) is 6.90. The third-order valence-electron chi connectivity index (χ3n) is 5.34. The van der Waals surface area contributed by atoms with Crippen LogP contribution in [0.3, 0.4) is 0 Å². The first-order valence-electron chi connectivity index (χ1n) is 9.82. The number of aryl methyl sites for hydroxylation is 2. The fraction of sp³-hybridized carbons (Fsp3) is 0.409. The number of hydrogen-bond donors (Lipinski definition) is 0. The van der Waals surface area contributed by atoms with E-state index in [1.165, 1.54) is 4.31 Å². The van der Waals surface area contributed by atoms with Crippen molar-refractivity contribution in [2.75, 3.05) is 23.9 Å². The lowest BCUT2D eigenvalue weighted by Gasteiger charge is -2.33. The number of rotatable bonds is 5. The Morgan fingerprint density at radius 2 is 1.86 bits per heavy atom. The van der Waals surface area contributed by atoms with Crippen molar-refractivity contribution in [3.8, 4) is 0 Å². The van der Waals surface area contributed by atoms with Crippen LogP contribution in [0.5, 0.6) is 0 Å². The molecule has 1 amide bonds. The van der Waals surface area contributed by atoms with E-state index < -0.39 is 10.0 Å². The molecule has 156 valence electrons. The molecule has 7 heteroatoms. The van der Waals surface area contributed by atoms with E-state index >= 15 is 0 Å². The Kier molecular flexibility index (Phi) is 6.54. The molecule has 0 N–H and O–H groups in total. The van der Waals surface area contributed by atoms with Gasteiger partial charge in [0.25, 0.3) is 10.0 Å². The number of halogens is 1. The van der Waals surface area contributed by atoms with Crippen molar-refractivity contribution >= 4 is 33.2 Å². The van der Waals surface area contributed by atoms with Gasteiger partial charge >= 0.3 is 0 Å². The molecule has 1 unspecified atom stereocenters. The number of carbonyl (C=O) groups excluding carboxylic acids is 1. The third-order valence-corrected chi connectivity index (χ3v) is 7.35. The number of amides is 1. The van der Waals surface area contributed by atoms with Gasteiger partial charge in [-0.3, -0.25) is 9.10 Å². The maximum Gasteiger partial charge on any atom is 0.264 e. The van der Waals surface area contributed by atoms with E-state index in [2.05, 4.69) is 6.92 Å². The normalized spacial score (nSPS) is 17.2. The Bertz CT molecular complexity index is 990. The predicted molar refractivity (Wildman–Crippen MR) is 117 cm³/mol. The van der Waals surface area contributed by atoms with E-state index in [1.807, 2.05) is 13.8 Å². The molecule has 0 radical (unpaired) electrons. The first-order chi connectivity index (χ1) is 13.7. The summed E-state index contributed by atoms with van der Waals surface area (Å²) in [7, 11) is -3.93.